The number of nitrogens with one attached hydrogen (secondary N) is 1. The summed E-state index contributed by atoms with van der Waals surface area (Å²) in [4.78, 5) is 7.90. The lowest BCUT2D eigenvalue weighted by atomic mass is 10.1. The number of fused-ring (bicyclic) bond motifs is 1. The Bertz CT molecular complexity index is 269. The van der Waals surface area contributed by atoms with Crippen molar-refractivity contribution in [1.82, 2.24) is 5.32 Å². The molecule has 0 aromatic rings. The van der Waals surface area contributed by atoms with Gasteiger partial charge in [0.2, 0.25) is 0 Å². The number of nitrogens with zero attached hydrogens (tertiary/aromatic N) is 2. The van der Waals surface area contributed by atoms with Crippen LogP contribution in [0.3, 0.4) is 0 Å². The quantitative estimate of drug-likeness (QED) is 0.613. The van der Waals surface area contributed by atoms with E-state index in [1.165, 1.54) is 6.34 Å². The number of halogens is 2. The molecule has 0 saturated carbocycles. The molecule has 0 aliphatic carbocycles. The predicted octanol–water partition coefficient (Wildman–Crippen LogP) is 1.29. The third kappa shape index (κ3) is 1.04. The van der Waals surface area contributed by atoms with Gasteiger partial charge in [-0.2, -0.15) is 0 Å². The van der Waals surface area contributed by atoms with Crippen molar-refractivity contribution in [2.45, 2.75) is 6.17 Å². The topological polar surface area (TPSA) is 36.8 Å². The van der Waals surface area contributed by atoms with Crippen molar-refractivity contribution < 1.29 is 0 Å². The second-order valence-corrected chi connectivity index (χ2v) is 3.16. The molecule has 58 valence electrons. The molecule has 2 atom stereocenters. The number of hydrogen-bond acceptors (Lipinski definition) is 3. The van der Waals surface area contributed by atoms with Gasteiger partial charge in [0.25, 0.3) is 0 Å². The number of rotatable bonds is 0. The van der Waals surface area contributed by atoms with Crippen LogP contribution >= 0.6 is 23.2 Å². The van der Waals surface area contributed by atoms with Gasteiger partial charge in [-0.05, 0) is 0 Å². The summed E-state index contributed by atoms with van der Waals surface area (Å²) in [6, 6.07) is 0. The summed E-state index contributed by atoms with van der Waals surface area (Å²) in [5, 5.41) is 4.15. The van der Waals surface area contributed by atoms with Crippen LogP contribution in [0.15, 0.2) is 21.2 Å². The molecule has 0 aromatic heterocycles. The summed E-state index contributed by atoms with van der Waals surface area (Å²) in [5.74, 6) is -0.0664. The first-order valence-corrected chi connectivity index (χ1v) is 3.91. The smallest absolute Gasteiger partial charge is 0.134 e. The third-order valence-electron chi connectivity index (χ3n) is 1.67. The first-order valence-electron chi connectivity index (χ1n) is 3.15. The minimum Gasteiger partial charge on any atom is -0.368 e. The number of aliphatic imine (C=N–C) groups is 2. The zero-order chi connectivity index (χ0) is 7.84. The minimum atomic E-state index is -0.0664. The maximum Gasteiger partial charge on any atom is 0.134 e. The van der Waals surface area contributed by atoms with Gasteiger partial charge in [-0.15, -0.1) is 0 Å². The third-order valence-corrected chi connectivity index (χ3v) is 2.35. The molecular weight excluding hydrogens is 185 g/mol. The van der Waals surface area contributed by atoms with Crippen LogP contribution in [0.4, 0.5) is 0 Å². The van der Waals surface area contributed by atoms with Crippen molar-refractivity contribution in [2.75, 3.05) is 0 Å². The summed E-state index contributed by atoms with van der Waals surface area (Å²) < 4.78 is 0. The van der Waals surface area contributed by atoms with E-state index >= 15 is 0 Å². The molecule has 0 amide bonds. The van der Waals surface area contributed by atoms with Gasteiger partial charge in [-0.25, -0.2) is 9.98 Å². The van der Waals surface area contributed by atoms with Crippen molar-refractivity contribution in [2.24, 2.45) is 15.9 Å². The van der Waals surface area contributed by atoms with Gasteiger partial charge in [0.1, 0.15) is 17.7 Å². The largest absolute Gasteiger partial charge is 0.368 e. The molecule has 0 bridgehead atoms. The van der Waals surface area contributed by atoms with Gasteiger partial charge in [0.05, 0.1) is 5.92 Å². The van der Waals surface area contributed by atoms with Gasteiger partial charge in [0, 0.05) is 11.2 Å². The Morgan fingerprint density at radius 1 is 1.45 bits per heavy atom. The normalized spacial score (nSPS) is 34.0. The van der Waals surface area contributed by atoms with Crippen LogP contribution in [-0.4, -0.2) is 17.7 Å². The van der Waals surface area contributed by atoms with E-state index in [0.717, 1.165) is 0 Å². The second-order valence-electron chi connectivity index (χ2n) is 2.33. The molecule has 2 unspecified atom stereocenters. The lowest BCUT2D eigenvalue weighted by molar-refractivity contribution is 0.592. The molecule has 3 nitrogen and oxygen atoms in total. The zero-order valence-corrected chi connectivity index (χ0v) is 6.97. The molecule has 2 aliphatic rings. The summed E-state index contributed by atoms with van der Waals surface area (Å²) in [6.45, 7) is 0. The van der Waals surface area contributed by atoms with Crippen LogP contribution in [-0.2, 0) is 0 Å². The van der Waals surface area contributed by atoms with Crippen molar-refractivity contribution in [3.8, 4) is 0 Å². The van der Waals surface area contributed by atoms with Crippen LogP contribution in [0, 0.1) is 5.92 Å². The van der Waals surface area contributed by atoms with Crippen LogP contribution in [0.1, 0.15) is 0 Å². The average Bonchev–Trinajstić information content (AvgIpc) is 2.34. The molecule has 0 saturated heterocycles. The Morgan fingerprint density at radius 3 is 3.00 bits per heavy atom. The van der Waals surface area contributed by atoms with Gasteiger partial charge in [-0.3, -0.25) is 0 Å². The van der Waals surface area contributed by atoms with Gasteiger partial charge in [-0.1, -0.05) is 23.2 Å². The number of hydrogen-bond donors (Lipinski definition) is 1. The fourth-order valence-corrected chi connectivity index (χ4v) is 1.74. The Balaban J connectivity index is 2.33. The molecule has 2 rings (SSSR count). The molecule has 11 heavy (non-hydrogen) atoms. The molecule has 2 heterocycles. The molecule has 5 heteroatoms. The van der Waals surface area contributed by atoms with Crippen LogP contribution in [0.5, 0.6) is 0 Å². The molecule has 0 radical (unpaired) electrons. The summed E-state index contributed by atoms with van der Waals surface area (Å²) >= 11 is 11.6. The zero-order valence-electron chi connectivity index (χ0n) is 5.46. The van der Waals surface area contributed by atoms with E-state index in [4.69, 9.17) is 23.2 Å². The van der Waals surface area contributed by atoms with E-state index in [1.54, 1.807) is 6.20 Å². The lowest BCUT2D eigenvalue weighted by Gasteiger charge is -2.17. The van der Waals surface area contributed by atoms with Gasteiger partial charge in [0.15, 0.2) is 0 Å². The van der Waals surface area contributed by atoms with Crippen molar-refractivity contribution >= 4 is 34.7 Å². The van der Waals surface area contributed by atoms with Gasteiger partial charge >= 0.3 is 0 Å². The van der Waals surface area contributed by atoms with Crippen molar-refractivity contribution in [3.63, 3.8) is 0 Å². The van der Waals surface area contributed by atoms with Gasteiger partial charge < -0.3 is 5.32 Å². The summed E-state index contributed by atoms with van der Waals surface area (Å²) in [5.41, 5.74) is 0. The molecule has 1 N–H and O–H groups in total. The van der Waals surface area contributed by atoms with Crippen LogP contribution < -0.4 is 5.32 Å². The van der Waals surface area contributed by atoms with E-state index in [2.05, 4.69) is 15.3 Å². The standard InChI is InChI=1S/C6H5Cl2N3/c7-3-1-9-6-4(3)5(8)10-2-11-6/h1-2,4,6,9H. The average molecular weight is 190 g/mol. The Kier molecular flexibility index (Phi) is 1.62. The highest BCUT2D eigenvalue weighted by Gasteiger charge is 2.33. The Hall–Kier alpha value is -0.540. The van der Waals surface area contributed by atoms with Crippen LogP contribution in [0.25, 0.3) is 0 Å². The fraction of sp³-hybridized carbons (Fsp3) is 0.333. The van der Waals surface area contributed by atoms with E-state index < -0.39 is 0 Å². The summed E-state index contributed by atoms with van der Waals surface area (Å²) in [6.07, 6.45) is 3.10. The predicted molar refractivity (Wildman–Crippen MR) is 46.1 cm³/mol. The highest BCUT2D eigenvalue weighted by molar-refractivity contribution is 6.67. The molecule has 2 aliphatic heterocycles. The van der Waals surface area contributed by atoms with E-state index in [-0.39, 0.29) is 12.1 Å². The van der Waals surface area contributed by atoms with E-state index in [0.29, 0.717) is 10.2 Å². The highest BCUT2D eigenvalue weighted by Crippen LogP contribution is 2.29. The maximum absolute atomic E-state index is 5.84. The Labute approximate surface area is 73.8 Å². The van der Waals surface area contributed by atoms with E-state index in [9.17, 15) is 0 Å². The second kappa shape index (κ2) is 2.50. The maximum atomic E-state index is 5.84. The lowest BCUT2D eigenvalue weighted by Crippen LogP contribution is -2.31. The minimum absolute atomic E-state index is 0.0486. The SMILES string of the molecule is ClC1=CNC2N=CN=C(Cl)C12. The first-order chi connectivity index (χ1) is 5.29. The van der Waals surface area contributed by atoms with E-state index in [1.807, 2.05) is 0 Å². The molecule has 0 fully saturated rings. The monoisotopic (exact) mass is 189 g/mol. The van der Waals surface area contributed by atoms with Crippen molar-refractivity contribution in [3.05, 3.63) is 11.2 Å². The van der Waals surface area contributed by atoms with Crippen LogP contribution in [0.2, 0.25) is 0 Å². The molecule has 0 spiro atoms. The Morgan fingerprint density at radius 2 is 2.27 bits per heavy atom. The highest BCUT2D eigenvalue weighted by atomic mass is 35.5. The molecule has 0 aromatic carbocycles. The molecular formula is C6H5Cl2N3. The van der Waals surface area contributed by atoms with Crippen molar-refractivity contribution in [1.29, 1.82) is 0 Å². The summed E-state index contributed by atoms with van der Waals surface area (Å²) in [7, 11) is 0. The fourth-order valence-electron chi connectivity index (χ4n) is 1.12. The first kappa shape index (κ1) is 7.13.